The van der Waals surface area contributed by atoms with Crippen molar-refractivity contribution in [2.24, 2.45) is 0 Å². The molecule has 3 heterocycles. The van der Waals surface area contributed by atoms with Crippen LogP contribution in [0.5, 0.6) is 5.75 Å². The standard InChI is InChI=1S/C22H30N8O4.C9H10F3N/c1-4-6-17-25-14-24-16(5-2)19(22(34)30(27-17)11-12-31)28-7-9-29(10-8-28)21(33)18-20(32)15(3)23-13-26-18;1-6-5-7(9(10,11)12)3-4-8(6)13-2/h12-14,32H,4-11H2,1-3H3,(H,24,25,27);3-5,13H,1-2H3. The topological polar surface area (TPSA) is 162 Å². The summed E-state index contributed by atoms with van der Waals surface area (Å²) in [5.41, 5.74) is 1.53. The Hall–Kier alpha value is -5.02. The lowest BCUT2D eigenvalue weighted by molar-refractivity contribution is -0.137. The number of amides is 1. The number of H-pyrrole nitrogens is 1. The van der Waals surface area contributed by atoms with Gasteiger partial charge in [-0.2, -0.15) is 13.2 Å². The molecule has 1 saturated heterocycles. The van der Waals surface area contributed by atoms with E-state index >= 15 is 0 Å². The molecule has 0 saturated carbocycles. The number of rotatable bonds is 8. The molecule has 4 rings (SSSR count). The van der Waals surface area contributed by atoms with Gasteiger partial charge in [-0.25, -0.2) is 24.6 Å². The number of piperazine rings is 1. The van der Waals surface area contributed by atoms with Gasteiger partial charge in [0.05, 0.1) is 23.5 Å². The lowest BCUT2D eigenvalue weighted by Gasteiger charge is -2.35. The maximum Gasteiger partial charge on any atom is 0.416 e. The summed E-state index contributed by atoms with van der Waals surface area (Å²) in [7, 11) is 1.68. The number of hydrogen-bond acceptors (Lipinski definition) is 10. The molecule has 2 aromatic heterocycles. The molecule has 0 atom stereocenters. The number of nitrogens with one attached hydrogen (secondary N) is 2. The van der Waals surface area contributed by atoms with Gasteiger partial charge in [0.15, 0.2) is 11.4 Å². The molecule has 0 radical (unpaired) electrons. The first kappa shape index (κ1) is 36.4. The smallest absolute Gasteiger partial charge is 0.416 e. The summed E-state index contributed by atoms with van der Waals surface area (Å²) >= 11 is 0. The van der Waals surface area contributed by atoms with Crippen molar-refractivity contribution in [1.29, 1.82) is 0 Å². The third kappa shape index (κ3) is 9.26. The fourth-order valence-electron chi connectivity index (χ4n) is 4.88. The van der Waals surface area contributed by atoms with Crippen LogP contribution >= 0.6 is 0 Å². The van der Waals surface area contributed by atoms with E-state index in [9.17, 15) is 32.7 Å². The first-order chi connectivity index (χ1) is 22.4. The molecule has 0 bridgehead atoms. The van der Waals surface area contributed by atoms with E-state index in [1.54, 1.807) is 25.8 Å². The number of nitrogens with zero attached hydrogens (tertiary/aromatic N) is 7. The van der Waals surface area contributed by atoms with Crippen LogP contribution in [0.2, 0.25) is 0 Å². The number of aromatic nitrogens is 6. The third-order valence-electron chi connectivity index (χ3n) is 7.41. The minimum absolute atomic E-state index is 0.0421. The maximum atomic E-state index is 13.5. The van der Waals surface area contributed by atoms with Gasteiger partial charge in [-0.15, -0.1) is 0 Å². The molecule has 0 aliphatic carbocycles. The molecule has 0 spiro atoms. The number of hydrogen-bond donors (Lipinski definition) is 3. The fraction of sp³-hybridized carbons (Fsp3) is 0.452. The van der Waals surface area contributed by atoms with Crippen molar-refractivity contribution in [1.82, 2.24) is 34.6 Å². The van der Waals surface area contributed by atoms with E-state index in [4.69, 9.17) is 0 Å². The van der Waals surface area contributed by atoms with Crippen molar-refractivity contribution in [2.45, 2.75) is 59.7 Å². The van der Waals surface area contributed by atoms with Crippen LogP contribution < -0.4 is 15.8 Å². The number of aromatic hydroxyl groups is 1. The van der Waals surface area contributed by atoms with Crippen molar-refractivity contribution < 1.29 is 27.9 Å². The number of alkyl halides is 3. The molecule has 254 valence electrons. The molecule has 13 nitrogen and oxygen atoms in total. The van der Waals surface area contributed by atoms with Crippen molar-refractivity contribution in [3.05, 3.63) is 75.2 Å². The van der Waals surface area contributed by atoms with E-state index < -0.39 is 17.6 Å². The second-order valence-corrected chi connectivity index (χ2v) is 10.6. The van der Waals surface area contributed by atoms with Crippen LogP contribution in [0.1, 0.15) is 59.1 Å². The minimum Gasteiger partial charge on any atom is -0.504 e. The van der Waals surface area contributed by atoms with Gasteiger partial charge in [0.2, 0.25) is 0 Å². The number of halogens is 3. The monoisotopic (exact) mass is 659 g/mol. The largest absolute Gasteiger partial charge is 0.504 e. The van der Waals surface area contributed by atoms with Gasteiger partial charge in [0.1, 0.15) is 30.5 Å². The van der Waals surface area contributed by atoms with Crippen molar-refractivity contribution in [3.63, 3.8) is 0 Å². The van der Waals surface area contributed by atoms with Crippen LogP contribution in [0.25, 0.3) is 0 Å². The van der Waals surface area contributed by atoms with Crippen LogP contribution in [0.4, 0.5) is 24.5 Å². The van der Waals surface area contributed by atoms with Gasteiger partial charge in [-0.3, -0.25) is 14.7 Å². The van der Waals surface area contributed by atoms with Gasteiger partial charge in [0, 0.05) is 45.3 Å². The predicted octanol–water partition coefficient (Wildman–Crippen LogP) is 3.63. The van der Waals surface area contributed by atoms with Crippen LogP contribution in [0.15, 0.2) is 35.6 Å². The summed E-state index contributed by atoms with van der Waals surface area (Å²) in [5.74, 6) is -0.0771. The summed E-state index contributed by atoms with van der Waals surface area (Å²) in [5, 5.41) is 15.9. The number of carbonyl (C=O) groups excluding carboxylic acids is 2. The molecule has 16 heteroatoms. The van der Waals surface area contributed by atoms with E-state index in [0.717, 1.165) is 18.6 Å². The van der Waals surface area contributed by atoms with Crippen LogP contribution in [0.3, 0.4) is 0 Å². The highest BCUT2D eigenvalue weighted by Gasteiger charge is 2.31. The SMILES string of the molecule is CCCc1ncnc(CC)c(N2CCN(C(=O)c3ncnc(C)c3O)CC2)c(=O)n(CC=O)[nH]1.CNc1ccc(C(F)(F)F)cc1C. The van der Waals surface area contributed by atoms with Crippen LogP contribution in [-0.2, 0) is 30.4 Å². The molecule has 47 heavy (non-hydrogen) atoms. The Balaban J connectivity index is 0.000000386. The Morgan fingerprint density at radius 2 is 1.74 bits per heavy atom. The van der Waals surface area contributed by atoms with Crippen molar-refractivity contribution >= 4 is 23.6 Å². The lowest BCUT2D eigenvalue weighted by Crippen LogP contribution is -2.50. The van der Waals surface area contributed by atoms with Gasteiger partial charge >= 0.3 is 6.18 Å². The van der Waals surface area contributed by atoms with Crippen LogP contribution in [0, 0.1) is 13.8 Å². The summed E-state index contributed by atoms with van der Waals surface area (Å²) in [4.78, 5) is 57.8. The zero-order valence-electron chi connectivity index (χ0n) is 27.1. The molecule has 1 amide bonds. The highest BCUT2D eigenvalue weighted by atomic mass is 19.4. The summed E-state index contributed by atoms with van der Waals surface area (Å²) < 4.78 is 37.8. The van der Waals surface area contributed by atoms with Crippen molar-refractivity contribution in [3.8, 4) is 5.75 Å². The first-order valence-corrected chi connectivity index (χ1v) is 15.1. The summed E-state index contributed by atoms with van der Waals surface area (Å²) in [6.45, 7) is 8.35. The zero-order chi connectivity index (χ0) is 34.7. The predicted molar refractivity (Wildman–Crippen MR) is 170 cm³/mol. The second kappa shape index (κ2) is 16.5. The van der Waals surface area contributed by atoms with Gasteiger partial charge in [0.25, 0.3) is 11.5 Å². The minimum atomic E-state index is -4.25. The number of anilines is 2. The molecule has 3 aromatic rings. The van der Waals surface area contributed by atoms with Gasteiger partial charge in [-0.05, 0) is 50.5 Å². The van der Waals surface area contributed by atoms with Crippen LogP contribution in [-0.4, -0.2) is 85.1 Å². The molecule has 0 unspecified atom stereocenters. The average molecular weight is 660 g/mol. The summed E-state index contributed by atoms with van der Waals surface area (Å²) in [6, 6.07) is 3.63. The van der Waals surface area contributed by atoms with Gasteiger partial charge < -0.3 is 25.0 Å². The lowest BCUT2D eigenvalue weighted by atomic mass is 10.1. The highest BCUT2D eigenvalue weighted by molar-refractivity contribution is 5.95. The van der Waals surface area contributed by atoms with Gasteiger partial charge in [-0.1, -0.05) is 13.8 Å². The average Bonchev–Trinajstić information content (AvgIpc) is 3.10. The Morgan fingerprint density at radius 1 is 1.06 bits per heavy atom. The van der Waals surface area contributed by atoms with E-state index in [0.29, 0.717) is 79.5 Å². The highest BCUT2D eigenvalue weighted by Crippen LogP contribution is 2.31. The summed E-state index contributed by atoms with van der Waals surface area (Å²) in [6.07, 6.45) is 0.963. The molecule has 3 N–H and O–H groups in total. The van der Waals surface area contributed by atoms with Crippen molar-refractivity contribution in [2.75, 3.05) is 43.4 Å². The molecule has 1 aliphatic heterocycles. The number of carbonyl (C=O) groups is 2. The number of benzene rings is 1. The second-order valence-electron chi connectivity index (χ2n) is 10.6. The molecule has 1 aliphatic rings. The molecule has 1 fully saturated rings. The Bertz CT molecular complexity index is 1660. The Labute approximate surface area is 270 Å². The maximum absolute atomic E-state index is 13.5. The fourth-order valence-corrected chi connectivity index (χ4v) is 4.88. The first-order valence-electron chi connectivity index (χ1n) is 15.1. The van der Waals surface area contributed by atoms with E-state index in [2.05, 4.69) is 30.4 Å². The van der Waals surface area contributed by atoms with E-state index in [1.807, 2.05) is 18.7 Å². The quantitative estimate of drug-likeness (QED) is 0.305. The Kier molecular flexibility index (Phi) is 12.8. The molecular formula is C31H40F3N9O4. The Morgan fingerprint density at radius 3 is 2.32 bits per heavy atom. The third-order valence-corrected chi connectivity index (χ3v) is 7.41. The number of aryl methyl sites for hydroxylation is 4. The van der Waals surface area contributed by atoms with E-state index in [1.165, 1.54) is 23.4 Å². The molecular weight excluding hydrogens is 619 g/mol. The number of aromatic amines is 1. The number of aldehydes is 1. The van der Waals surface area contributed by atoms with E-state index in [-0.39, 0.29) is 23.5 Å². The zero-order valence-corrected chi connectivity index (χ0v) is 27.1. The normalized spacial score (nSPS) is 12.9. The molecule has 1 aromatic carbocycles.